The zero-order valence-corrected chi connectivity index (χ0v) is 11.2. The van der Waals surface area contributed by atoms with Gasteiger partial charge in [0.15, 0.2) is 0 Å². The van der Waals surface area contributed by atoms with Gasteiger partial charge in [-0.3, -0.25) is 0 Å². The number of ether oxygens (including phenoxy) is 2. The molecular weight excluding hydrogens is 212 g/mol. The Hall–Kier alpha value is 0.716. The first kappa shape index (κ1) is 20.2. The molecule has 0 radical (unpaired) electrons. The molecule has 14 heavy (non-hydrogen) atoms. The second-order valence-electron chi connectivity index (χ2n) is 2.48. The maximum atomic E-state index is 5.19. The summed E-state index contributed by atoms with van der Waals surface area (Å²) in [4.78, 5) is 0. The van der Waals surface area contributed by atoms with Crippen LogP contribution < -0.4 is 12.4 Å². The number of hydrogen-bond acceptors (Lipinski definition) is 2. The van der Waals surface area contributed by atoms with Gasteiger partial charge in [-0.05, 0) is 12.8 Å². The number of allylic oxidation sites excluding steroid dienone is 1. The van der Waals surface area contributed by atoms with Gasteiger partial charge in [0.05, 0.1) is 6.61 Å². The summed E-state index contributed by atoms with van der Waals surface area (Å²) in [6.07, 6.45) is 6.96. The molecule has 0 aromatic heterocycles. The standard InChI is InChI=1S/C10H19O2.ClH.Mg/c1-3-5-6-7-9-12-10-11-8-4-2;;/h5-6H,1,3-4,7-10H2,2H3;1H;/q-1;;+2/p-1/b6-5-;;. The molecule has 0 aromatic carbocycles. The second-order valence-corrected chi connectivity index (χ2v) is 2.48. The van der Waals surface area contributed by atoms with Crippen LogP contribution in [0.5, 0.6) is 0 Å². The van der Waals surface area contributed by atoms with Crippen molar-refractivity contribution in [1.82, 2.24) is 0 Å². The van der Waals surface area contributed by atoms with Gasteiger partial charge in [0, 0.05) is 6.61 Å². The van der Waals surface area contributed by atoms with Crippen molar-refractivity contribution in [3.63, 3.8) is 0 Å². The molecule has 2 nitrogen and oxygen atoms in total. The Morgan fingerprint density at radius 2 is 1.79 bits per heavy atom. The molecule has 80 valence electrons. The van der Waals surface area contributed by atoms with Gasteiger partial charge in [-0.25, -0.2) is 0 Å². The molecule has 0 amide bonds. The number of hydrogen-bond donors (Lipinski definition) is 0. The molecule has 0 spiro atoms. The summed E-state index contributed by atoms with van der Waals surface area (Å²) >= 11 is 0. The third-order valence-corrected chi connectivity index (χ3v) is 1.28. The molecule has 0 fully saturated rings. The maximum absolute atomic E-state index is 5.19. The predicted molar refractivity (Wildman–Crippen MR) is 56.5 cm³/mol. The molecule has 0 aliphatic carbocycles. The molecule has 0 heterocycles. The molecule has 0 aliphatic rings. The predicted octanol–water partition coefficient (Wildman–Crippen LogP) is -0.819. The van der Waals surface area contributed by atoms with Crippen LogP contribution >= 0.6 is 0 Å². The fraction of sp³-hybridized carbons (Fsp3) is 0.700. The molecule has 0 bridgehead atoms. The summed E-state index contributed by atoms with van der Waals surface area (Å²) in [6, 6.07) is 0. The van der Waals surface area contributed by atoms with Crippen molar-refractivity contribution in [2.75, 3.05) is 20.0 Å². The van der Waals surface area contributed by atoms with Gasteiger partial charge in [0.2, 0.25) is 0 Å². The molecule has 0 saturated heterocycles. The van der Waals surface area contributed by atoms with Crippen molar-refractivity contribution >= 4 is 23.1 Å². The Morgan fingerprint density at radius 3 is 2.36 bits per heavy atom. The van der Waals surface area contributed by atoms with Crippen molar-refractivity contribution in [3.8, 4) is 0 Å². The van der Waals surface area contributed by atoms with Crippen LogP contribution in [0, 0.1) is 6.92 Å². The van der Waals surface area contributed by atoms with Crippen LogP contribution in [0.2, 0.25) is 0 Å². The zero-order valence-electron chi connectivity index (χ0n) is 9.01. The van der Waals surface area contributed by atoms with Crippen molar-refractivity contribution < 1.29 is 21.9 Å². The second kappa shape index (κ2) is 19.3. The normalized spacial score (nSPS) is 9.57. The molecule has 0 aliphatic heterocycles. The Kier molecular flexibility index (Phi) is 27.8. The summed E-state index contributed by atoms with van der Waals surface area (Å²) in [5, 5.41) is 0. The van der Waals surface area contributed by atoms with E-state index in [1.165, 1.54) is 0 Å². The van der Waals surface area contributed by atoms with Gasteiger partial charge < -0.3 is 28.8 Å². The van der Waals surface area contributed by atoms with Crippen LogP contribution in [0.3, 0.4) is 0 Å². The monoisotopic (exact) mass is 230 g/mol. The average molecular weight is 231 g/mol. The van der Waals surface area contributed by atoms with Crippen LogP contribution in [-0.4, -0.2) is 43.1 Å². The largest absolute Gasteiger partial charge is 2.00 e. The quantitative estimate of drug-likeness (QED) is 0.179. The Bertz CT molecular complexity index is 110. The molecule has 0 aromatic rings. The minimum atomic E-state index is 0. The van der Waals surface area contributed by atoms with E-state index in [4.69, 9.17) is 9.47 Å². The van der Waals surface area contributed by atoms with Crippen LogP contribution in [0.15, 0.2) is 12.2 Å². The smallest absolute Gasteiger partial charge is 1.00 e. The van der Waals surface area contributed by atoms with Crippen molar-refractivity contribution in [2.24, 2.45) is 0 Å². The third-order valence-electron chi connectivity index (χ3n) is 1.28. The molecule has 4 heteroatoms. The first-order valence-corrected chi connectivity index (χ1v) is 4.51. The molecular formula is C10H19ClMgO2. The van der Waals surface area contributed by atoms with Crippen molar-refractivity contribution in [3.05, 3.63) is 19.1 Å². The van der Waals surface area contributed by atoms with E-state index < -0.39 is 0 Å². The third kappa shape index (κ3) is 18.5. The molecule has 0 saturated carbocycles. The van der Waals surface area contributed by atoms with Crippen LogP contribution in [-0.2, 0) is 9.47 Å². The van der Waals surface area contributed by atoms with E-state index >= 15 is 0 Å². The van der Waals surface area contributed by atoms with E-state index in [1.54, 1.807) is 0 Å². The fourth-order valence-electron chi connectivity index (χ4n) is 0.708. The van der Waals surface area contributed by atoms with E-state index in [0.29, 0.717) is 6.79 Å². The Morgan fingerprint density at radius 1 is 1.14 bits per heavy atom. The summed E-state index contributed by atoms with van der Waals surface area (Å²) in [7, 11) is 0. The SMILES string of the molecule is [CH2-]C/C=C\CCOCOCCC.[Cl-].[Mg+2]. The number of rotatable bonds is 8. The van der Waals surface area contributed by atoms with Gasteiger partial charge in [-0.2, -0.15) is 6.42 Å². The minimum absolute atomic E-state index is 0. The Labute approximate surface area is 110 Å². The van der Waals surface area contributed by atoms with Crippen LogP contribution in [0.1, 0.15) is 26.2 Å². The van der Waals surface area contributed by atoms with E-state index in [-0.39, 0.29) is 35.5 Å². The molecule has 0 N–H and O–H groups in total. The fourth-order valence-corrected chi connectivity index (χ4v) is 0.708. The number of halogens is 1. The summed E-state index contributed by atoms with van der Waals surface area (Å²) in [5.41, 5.74) is 0. The molecule has 0 rings (SSSR count). The van der Waals surface area contributed by atoms with Gasteiger partial charge >= 0.3 is 23.1 Å². The maximum Gasteiger partial charge on any atom is 2.00 e. The Balaban J connectivity index is -0.000000605. The summed E-state index contributed by atoms with van der Waals surface area (Å²) < 4.78 is 10.3. The topological polar surface area (TPSA) is 18.5 Å². The average Bonchev–Trinajstić information content (AvgIpc) is 2.10. The first-order chi connectivity index (χ1) is 5.91. The molecule has 0 unspecified atom stereocenters. The van der Waals surface area contributed by atoms with Crippen LogP contribution in [0.25, 0.3) is 0 Å². The summed E-state index contributed by atoms with van der Waals surface area (Å²) in [6.45, 7) is 7.72. The van der Waals surface area contributed by atoms with E-state index in [2.05, 4.69) is 19.9 Å². The van der Waals surface area contributed by atoms with Crippen LogP contribution in [0.4, 0.5) is 0 Å². The van der Waals surface area contributed by atoms with Gasteiger partial charge in [-0.1, -0.05) is 13.0 Å². The minimum Gasteiger partial charge on any atom is -1.00 e. The van der Waals surface area contributed by atoms with E-state index in [0.717, 1.165) is 32.5 Å². The van der Waals surface area contributed by atoms with E-state index in [9.17, 15) is 0 Å². The van der Waals surface area contributed by atoms with E-state index in [1.807, 2.05) is 6.08 Å². The van der Waals surface area contributed by atoms with Crippen molar-refractivity contribution in [2.45, 2.75) is 26.2 Å². The summed E-state index contributed by atoms with van der Waals surface area (Å²) in [5.74, 6) is 0. The molecule has 0 atom stereocenters. The zero-order chi connectivity index (χ0) is 9.07. The van der Waals surface area contributed by atoms with Gasteiger partial charge in [0.25, 0.3) is 0 Å². The van der Waals surface area contributed by atoms with Crippen molar-refractivity contribution in [1.29, 1.82) is 0 Å². The van der Waals surface area contributed by atoms with Gasteiger partial charge in [0.1, 0.15) is 6.79 Å². The first-order valence-electron chi connectivity index (χ1n) is 4.51. The van der Waals surface area contributed by atoms with Gasteiger partial charge in [-0.15, -0.1) is 6.08 Å².